The molecule has 202 valence electrons. The van der Waals surface area contributed by atoms with Crippen LogP contribution in [0.4, 0.5) is 0 Å². The second-order valence-electron chi connectivity index (χ2n) is 9.81. The van der Waals surface area contributed by atoms with E-state index in [1.54, 1.807) is 38.1 Å². The summed E-state index contributed by atoms with van der Waals surface area (Å²) in [5, 5.41) is 0. The van der Waals surface area contributed by atoms with Crippen molar-refractivity contribution in [2.45, 2.75) is 32.1 Å². The van der Waals surface area contributed by atoms with Crippen LogP contribution in [0.15, 0.2) is 84.9 Å². The molecule has 8 nitrogen and oxygen atoms in total. The third-order valence-corrected chi connectivity index (χ3v) is 7.77. The smallest absolute Gasteiger partial charge is 0.327 e. The maximum atomic E-state index is 14.0. The molecule has 3 aromatic carbocycles. The van der Waals surface area contributed by atoms with Crippen molar-refractivity contribution < 1.29 is 33.4 Å². The van der Waals surface area contributed by atoms with Crippen molar-refractivity contribution >= 4 is 34.9 Å². The number of imide groups is 1. The lowest BCUT2D eigenvalue weighted by Crippen LogP contribution is -2.51. The normalized spacial score (nSPS) is 20.1. The van der Waals surface area contributed by atoms with Crippen LogP contribution in [0.5, 0.6) is 0 Å². The quantitative estimate of drug-likeness (QED) is 0.249. The Bertz CT molecular complexity index is 1460. The van der Waals surface area contributed by atoms with Gasteiger partial charge in [-0.25, -0.2) is 4.90 Å². The van der Waals surface area contributed by atoms with Crippen molar-refractivity contribution in [3.63, 3.8) is 0 Å². The van der Waals surface area contributed by atoms with Gasteiger partial charge in [0.15, 0.2) is 0 Å². The highest BCUT2D eigenvalue weighted by molar-refractivity contribution is 6.26. The van der Waals surface area contributed by atoms with Gasteiger partial charge in [0, 0.05) is 17.6 Å². The van der Waals surface area contributed by atoms with Crippen LogP contribution < -0.4 is 0 Å². The molecule has 3 aliphatic rings. The fourth-order valence-electron chi connectivity index (χ4n) is 6.12. The Hall–Kier alpha value is -4.56. The second kappa shape index (κ2) is 9.57. The molecule has 1 unspecified atom stereocenters. The minimum Gasteiger partial charge on any atom is -0.465 e. The van der Waals surface area contributed by atoms with E-state index in [9.17, 15) is 19.2 Å². The zero-order chi connectivity index (χ0) is 28.1. The second-order valence-corrected chi connectivity index (χ2v) is 9.81. The van der Waals surface area contributed by atoms with E-state index in [2.05, 4.69) is 0 Å². The SMILES string of the molecule is CCOC(=O)C1(C(=O)OCC)CC(N2C(=O)c3ccccc3C2=O)OC12C(c1ccccc1)=C2c1ccccc1. The Morgan fingerprint density at radius 2 is 1.18 bits per heavy atom. The molecule has 1 fully saturated rings. The van der Waals surface area contributed by atoms with Crippen molar-refractivity contribution in [2.75, 3.05) is 13.2 Å². The molecule has 6 rings (SSSR count). The van der Waals surface area contributed by atoms with Gasteiger partial charge in [0.1, 0.15) is 11.8 Å². The monoisotopic (exact) mass is 537 g/mol. The molecule has 0 radical (unpaired) electrons. The van der Waals surface area contributed by atoms with E-state index >= 15 is 0 Å². The molecule has 3 aromatic rings. The molecule has 0 bridgehead atoms. The highest BCUT2D eigenvalue weighted by atomic mass is 16.6. The van der Waals surface area contributed by atoms with Crippen LogP contribution in [0.3, 0.4) is 0 Å². The van der Waals surface area contributed by atoms with Gasteiger partial charge in [-0.3, -0.25) is 19.2 Å². The topological polar surface area (TPSA) is 99.2 Å². The van der Waals surface area contributed by atoms with Crippen molar-refractivity contribution in [1.82, 2.24) is 4.90 Å². The molecule has 8 heteroatoms. The zero-order valence-electron chi connectivity index (χ0n) is 22.1. The number of ether oxygens (including phenoxy) is 3. The molecule has 0 N–H and O–H groups in total. The van der Waals surface area contributed by atoms with Crippen molar-refractivity contribution in [3.8, 4) is 0 Å². The van der Waals surface area contributed by atoms with Crippen LogP contribution in [0.25, 0.3) is 11.1 Å². The first-order valence-electron chi connectivity index (χ1n) is 13.3. The molecular weight excluding hydrogens is 510 g/mol. The lowest BCUT2D eigenvalue weighted by atomic mass is 9.73. The molecule has 2 amide bonds. The molecule has 0 saturated carbocycles. The number of carbonyl (C=O) groups is 4. The van der Waals surface area contributed by atoms with E-state index in [-0.39, 0.29) is 30.8 Å². The van der Waals surface area contributed by atoms with Crippen molar-refractivity contribution in [2.24, 2.45) is 5.41 Å². The van der Waals surface area contributed by atoms with E-state index in [0.717, 1.165) is 16.0 Å². The summed E-state index contributed by atoms with van der Waals surface area (Å²) >= 11 is 0. The Balaban J connectivity index is 1.56. The third kappa shape index (κ3) is 3.42. The van der Waals surface area contributed by atoms with Crippen LogP contribution in [0, 0.1) is 5.41 Å². The standard InChI is InChI=1S/C32H27NO7/c1-3-38-29(36)31(30(37)39-4-2)19-24(33-27(34)22-17-11-12-18-23(22)28(33)35)40-32(31)25(20-13-7-5-8-14-20)26(32)21-15-9-6-10-16-21/h5-18,24H,3-4,19H2,1-2H3. The van der Waals surface area contributed by atoms with Gasteiger partial charge in [-0.2, -0.15) is 0 Å². The lowest BCUT2D eigenvalue weighted by molar-refractivity contribution is -0.176. The Kier molecular flexibility index (Phi) is 6.15. The summed E-state index contributed by atoms with van der Waals surface area (Å²) in [6, 6.07) is 25.1. The first-order valence-corrected chi connectivity index (χ1v) is 13.3. The number of amides is 2. The molecule has 2 heterocycles. The highest BCUT2D eigenvalue weighted by Gasteiger charge is 2.81. The summed E-state index contributed by atoms with van der Waals surface area (Å²) in [4.78, 5) is 56.1. The highest BCUT2D eigenvalue weighted by Crippen LogP contribution is 2.72. The fourth-order valence-corrected chi connectivity index (χ4v) is 6.12. The van der Waals surface area contributed by atoms with Crippen molar-refractivity contribution in [1.29, 1.82) is 0 Å². The maximum absolute atomic E-state index is 14.0. The van der Waals surface area contributed by atoms with Crippen molar-refractivity contribution in [3.05, 3.63) is 107 Å². The minimum atomic E-state index is -2.00. The van der Waals surface area contributed by atoms with Crippen LogP contribution in [-0.4, -0.2) is 53.7 Å². The molecule has 1 aliphatic carbocycles. The van der Waals surface area contributed by atoms with Gasteiger partial charge in [0.25, 0.3) is 11.8 Å². The van der Waals surface area contributed by atoms with Gasteiger partial charge in [0.05, 0.1) is 24.3 Å². The largest absolute Gasteiger partial charge is 0.465 e. The number of hydrogen-bond acceptors (Lipinski definition) is 7. The van der Waals surface area contributed by atoms with Gasteiger partial charge in [0.2, 0.25) is 5.41 Å². The molecule has 0 aromatic heterocycles. The van der Waals surface area contributed by atoms with E-state index in [1.165, 1.54) is 0 Å². The Morgan fingerprint density at radius 3 is 1.60 bits per heavy atom. The molecule has 40 heavy (non-hydrogen) atoms. The van der Waals surface area contributed by atoms with Crippen LogP contribution in [-0.2, 0) is 23.8 Å². The van der Waals surface area contributed by atoms with Gasteiger partial charge >= 0.3 is 11.9 Å². The summed E-state index contributed by atoms with van der Waals surface area (Å²) < 4.78 is 17.8. The molecule has 1 atom stereocenters. The Morgan fingerprint density at radius 1 is 0.750 bits per heavy atom. The summed E-state index contributed by atoms with van der Waals surface area (Å²) in [6.45, 7) is 3.32. The zero-order valence-corrected chi connectivity index (χ0v) is 22.1. The number of esters is 2. The number of carbonyl (C=O) groups excluding carboxylic acids is 4. The summed E-state index contributed by atoms with van der Waals surface area (Å²) in [7, 11) is 0. The van der Waals surface area contributed by atoms with Gasteiger partial charge < -0.3 is 14.2 Å². The summed E-state index contributed by atoms with van der Waals surface area (Å²) in [5.74, 6) is -2.75. The fraction of sp³-hybridized carbons (Fsp3) is 0.250. The number of nitrogens with zero attached hydrogens (tertiary/aromatic N) is 1. The third-order valence-electron chi connectivity index (χ3n) is 7.77. The Labute approximate surface area is 231 Å². The lowest BCUT2D eigenvalue weighted by Gasteiger charge is -2.32. The van der Waals surface area contributed by atoms with Gasteiger partial charge in [-0.05, 0) is 37.1 Å². The van der Waals surface area contributed by atoms with Gasteiger partial charge in [-0.15, -0.1) is 0 Å². The molecule has 1 spiro atoms. The van der Waals surface area contributed by atoms with Crippen LogP contribution in [0.2, 0.25) is 0 Å². The average Bonchev–Trinajstić information content (AvgIpc) is 3.41. The number of fused-ring (bicyclic) bond motifs is 1. The first-order chi connectivity index (χ1) is 19.4. The van der Waals surface area contributed by atoms with Crippen LogP contribution >= 0.6 is 0 Å². The predicted octanol–water partition coefficient (Wildman–Crippen LogP) is 4.51. The molecular formula is C32H27NO7. The summed E-state index contributed by atoms with van der Waals surface area (Å²) in [5.41, 5.74) is -0.456. The van der Waals surface area contributed by atoms with E-state index in [1.807, 2.05) is 60.7 Å². The van der Waals surface area contributed by atoms with E-state index in [0.29, 0.717) is 11.1 Å². The minimum absolute atomic E-state index is 0.00902. The van der Waals surface area contributed by atoms with E-state index < -0.39 is 41.0 Å². The predicted molar refractivity (Wildman–Crippen MR) is 145 cm³/mol. The maximum Gasteiger partial charge on any atom is 0.327 e. The number of benzene rings is 3. The first kappa shape index (κ1) is 25.7. The average molecular weight is 538 g/mol. The number of rotatable bonds is 7. The summed E-state index contributed by atoms with van der Waals surface area (Å²) in [6.07, 6.45) is -1.55. The van der Waals surface area contributed by atoms with E-state index in [4.69, 9.17) is 14.2 Å². The molecule has 1 saturated heterocycles. The van der Waals surface area contributed by atoms with Crippen LogP contribution in [0.1, 0.15) is 52.1 Å². The molecule has 2 aliphatic heterocycles. The van der Waals surface area contributed by atoms with Gasteiger partial charge in [-0.1, -0.05) is 72.8 Å². The number of hydrogen-bond donors (Lipinski definition) is 0.